The number of halogens is 1. The normalized spacial score (nSPS) is 15.8. The summed E-state index contributed by atoms with van der Waals surface area (Å²) in [6.07, 6.45) is 1.14. The maximum atomic E-state index is 8.54. The lowest BCUT2D eigenvalue weighted by Gasteiger charge is -2.26. The maximum absolute atomic E-state index is 8.54. The summed E-state index contributed by atoms with van der Waals surface area (Å²) in [6, 6.07) is 2.52. The fourth-order valence-electron chi connectivity index (χ4n) is 1.34. The lowest BCUT2D eigenvalue weighted by atomic mass is 10.0. The summed E-state index contributed by atoms with van der Waals surface area (Å²) in [5, 5.41) is 8.15. The van der Waals surface area contributed by atoms with Crippen molar-refractivity contribution in [2.45, 2.75) is 38.6 Å². The van der Waals surface area contributed by atoms with Crippen LogP contribution in [0, 0.1) is 17.2 Å². The molecule has 0 fully saturated rings. The molecule has 2 unspecified atom stereocenters. The van der Waals surface area contributed by atoms with Gasteiger partial charge in [0.05, 0.1) is 6.07 Å². The third kappa shape index (κ3) is 5.90. The minimum absolute atomic E-state index is 0.389. The van der Waals surface area contributed by atoms with Crippen molar-refractivity contribution in [3.8, 4) is 6.07 Å². The smallest absolute Gasteiger partial charge is 0.133 e. The molecule has 76 valence electrons. The van der Waals surface area contributed by atoms with Crippen molar-refractivity contribution in [3.05, 3.63) is 0 Å². The zero-order chi connectivity index (χ0) is 10.4. The van der Waals surface area contributed by atoms with E-state index in [1.54, 1.807) is 0 Å². The predicted molar refractivity (Wildman–Crippen MR) is 56.8 cm³/mol. The van der Waals surface area contributed by atoms with Crippen LogP contribution in [0.3, 0.4) is 0 Å². The Labute approximate surface area is 86.5 Å². The van der Waals surface area contributed by atoms with Crippen LogP contribution in [0.15, 0.2) is 0 Å². The minimum atomic E-state index is -0.389. The van der Waals surface area contributed by atoms with Crippen molar-refractivity contribution < 1.29 is 0 Å². The largest absolute Gasteiger partial charge is 0.301 e. The Bertz CT molecular complexity index is 174. The lowest BCUT2D eigenvalue weighted by molar-refractivity contribution is 0.234. The third-order valence-corrected chi connectivity index (χ3v) is 2.39. The van der Waals surface area contributed by atoms with E-state index in [4.69, 9.17) is 16.9 Å². The summed E-state index contributed by atoms with van der Waals surface area (Å²) in [5.74, 6) is 0.688. The molecule has 0 saturated carbocycles. The highest BCUT2D eigenvalue weighted by Gasteiger charge is 2.14. The standard InChI is InChI=1S/C10H19ClN2/c1-8(2)5-9(3)13(4)7-10(11)6-12/h8-10H,5,7H2,1-4H3. The Morgan fingerprint density at radius 3 is 2.31 bits per heavy atom. The summed E-state index contributed by atoms with van der Waals surface area (Å²) in [5.41, 5.74) is 0. The summed E-state index contributed by atoms with van der Waals surface area (Å²) in [4.78, 5) is 2.14. The second kappa shape index (κ2) is 6.23. The average molecular weight is 203 g/mol. The first kappa shape index (κ1) is 12.7. The molecule has 2 atom stereocenters. The molecule has 0 spiro atoms. The zero-order valence-electron chi connectivity index (χ0n) is 8.92. The molecule has 3 heteroatoms. The minimum Gasteiger partial charge on any atom is -0.301 e. The highest BCUT2D eigenvalue weighted by atomic mass is 35.5. The van der Waals surface area contributed by atoms with E-state index in [9.17, 15) is 0 Å². The van der Waals surface area contributed by atoms with Crippen molar-refractivity contribution in [3.63, 3.8) is 0 Å². The molecule has 0 saturated heterocycles. The molecular weight excluding hydrogens is 184 g/mol. The van der Waals surface area contributed by atoms with E-state index in [2.05, 4.69) is 25.7 Å². The van der Waals surface area contributed by atoms with Gasteiger partial charge < -0.3 is 4.90 Å². The number of rotatable bonds is 5. The molecule has 0 bridgehead atoms. The van der Waals surface area contributed by atoms with Crippen LogP contribution in [0.1, 0.15) is 27.2 Å². The lowest BCUT2D eigenvalue weighted by Crippen LogP contribution is -2.34. The quantitative estimate of drug-likeness (QED) is 0.641. The number of hydrogen-bond donors (Lipinski definition) is 0. The van der Waals surface area contributed by atoms with Crippen molar-refractivity contribution in [1.82, 2.24) is 4.90 Å². The molecule has 0 radical (unpaired) electrons. The average Bonchev–Trinajstić information content (AvgIpc) is 2.02. The van der Waals surface area contributed by atoms with Crippen LogP contribution in [-0.4, -0.2) is 29.9 Å². The molecule has 0 aliphatic carbocycles. The van der Waals surface area contributed by atoms with Gasteiger partial charge in [-0.1, -0.05) is 13.8 Å². The van der Waals surface area contributed by atoms with E-state index in [1.807, 2.05) is 13.1 Å². The topological polar surface area (TPSA) is 27.0 Å². The SMILES string of the molecule is CC(C)CC(C)N(C)CC(Cl)C#N. The van der Waals surface area contributed by atoms with E-state index in [1.165, 1.54) is 0 Å². The summed E-state index contributed by atoms with van der Waals surface area (Å²) < 4.78 is 0. The summed E-state index contributed by atoms with van der Waals surface area (Å²) >= 11 is 5.74. The van der Waals surface area contributed by atoms with Gasteiger partial charge in [0.25, 0.3) is 0 Å². The number of hydrogen-bond acceptors (Lipinski definition) is 2. The Morgan fingerprint density at radius 2 is 1.92 bits per heavy atom. The first-order valence-corrected chi connectivity index (χ1v) is 5.15. The molecule has 0 aromatic rings. The fourth-order valence-corrected chi connectivity index (χ4v) is 1.55. The molecule has 0 N–H and O–H groups in total. The van der Waals surface area contributed by atoms with E-state index in [0.717, 1.165) is 6.42 Å². The highest BCUT2D eigenvalue weighted by molar-refractivity contribution is 6.22. The molecule has 0 aliphatic rings. The van der Waals surface area contributed by atoms with Gasteiger partial charge in [0.1, 0.15) is 5.38 Å². The van der Waals surface area contributed by atoms with E-state index in [0.29, 0.717) is 18.5 Å². The zero-order valence-corrected chi connectivity index (χ0v) is 9.67. The fraction of sp³-hybridized carbons (Fsp3) is 0.900. The molecule has 2 nitrogen and oxygen atoms in total. The molecular formula is C10H19ClN2. The van der Waals surface area contributed by atoms with E-state index >= 15 is 0 Å². The van der Waals surface area contributed by atoms with Gasteiger partial charge in [-0.15, -0.1) is 11.6 Å². The Kier molecular flexibility index (Phi) is 6.11. The van der Waals surface area contributed by atoms with Crippen molar-refractivity contribution in [2.75, 3.05) is 13.6 Å². The molecule has 0 rings (SSSR count). The summed E-state index contributed by atoms with van der Waals surface area (Å²) in [7, 11) is 2.01. The highest BCUT2D eigenvalue weighted by Crippen LogP contribution is 2.10. The van der Waals surface area contributed by atoms with Crippen LogP contribution >= 0.6 is 11.6 Å². The van der Waals surface area contributed by atoms with Gasteiger partial charge in [0, 0.05) is 12.6 Å². The van der Waals surface area contributed by atoms with Crippen LogP contribution in [0.4, 0.5) is 0 Å². The Morgan fingerprint density at radius 1 is 1.38 bits per heavy atom. The number of nitrogens with zero attached hydrogens (tertiary/aromatic N) is 2. The van der Waals surface area contributed by atoms with Crippen LogP contribution < -0.4 is 0 Å². The van der Waals surface area contributed by atoms with Gasteiger partial charge >= 0.3 is 0 Å². The molecule has 0 heterocycles. The van der Waals surface area contributed by atoms with Crippen molar-refractivity contribution >= 4 is 11.6 Å². The van der Waals surface area contributed by atoms with Crippen molar-refractivity contribution in [1.29, 1.82) is 5.26 Å². The van der Waals surface area contributed by atoms with Crippen LogP contribution in [0.25, 0.3) is 0 Å². The first-order valence-electron chi connectivity index (χ1n) is 4.71. The van der Waals surface area contributed by atoms with E-state index in [-0.39, 0.29) is 5.38 Å². The van der Waals surface area contributed by atoms with Crippen LogP contribution in [-0.2, 0) is 0 Å². The number of alkyl halides is 1. The second-order valence-corrected chi connectivity index (χ2v) is 4.54. The molecule has 0 aromatic heterocycles. The van der Waals surface area contributed by atoms with Gasteiger partial charge in [0.15, 0.2) is 0 Å². The summed E-state index contributed by atoms with van der Waals surface area (Å²) in [6.45, 7) is 7.21. The van der Waals surface area contributed by atoms with Gasteiger partial charge in [-0.25, -0.2) is 0 Å². The molecule has 0 aromatic carbocycles. The monoisotopic (exact) mass is 202 g/mol. The molecule has 13 heavy (non-hydrogen) atoms. The van der Waals surface area contributed by atoms with Gasteiger partial charge in [0.2, 0.25) is 0 Å². The molecule has 0 aliphatic heterocycles. The van der Waals surface area contributed by atoms with Crippen LogP contribution in [0.2, 0.25) is 0 Å². The van der Waals surface area contributed by atoms with Gasteiger partial charge in [-0.05, 0) is 26.3 Å². The van der Waals surface area contributed by atoms with Gasteiger partial charge in [-0.3, -0.25) is 0 Å². The van der Waals surface area contributed by atoms with E-state index < -0.39 is 0 Å². The predicted octanol–water partition coefficient (Wildman–Crippen LogP) is 2.48. The Balaban J connectivity index is 3.83. The second-order valence-electron chi connectivity index (χ2n) is 4.01. The van der Waals surface area contributed by atoms with Gasteiger partial charge in [-0.2, -0.15) is 5.26 Å². The maximum Gasteiger partial charge on any atom is 0.133 e. The first-order chi connectivity index (χ1) is 5.97. The Hall–Kier alpha value is -0.260. The molecule has 0 amide bonds. The third-order valence-electron chi connectivity index (χ3n) is 2.15. The van der Waals surface area contributed by atoms with Crippen molar-refractivity contribution in [2.24, 2.45) is 5.92 Å². The number of nitriles is 1. The van der Waals surface area contributed by atoms with Crippen LogP contribution in [0.5, 0.6) is 0 Å².